The Balaban J connectivity index is 1.26. The number of piperazine rings is 1. The van der Waals surface area contributed by atoms with E-state index in [1.54, 1.807) is 6.33 Å². The highest BCUT2D eigenvalue weighted by atomic mass is 16.5. The Kier molecular flexibility index (Phi) is 7.41. The average Bonchev–Trinajstić information content (AvgIpc) is 3.00. The minimum atomic E-state index is 0.338. The van der Waals surface area contributed by atoms with E-state index in [9.17, 15) is 0 Å². The maximum atomic E-state index is 6.38. The van der Waals surface area contributed by atoms with Gasteiger partial charge in [-0.3, -0.25) is 0 Å². The Morgan fingerprint density at radius 3 is 2.90 bits per heavy atom. The molecule has 8 nitrogen and oxygen atoms in total. The van der Waals surface area contributed by atoms with E-state index in [-0.39, 0.29) is 0 Å². The zero-order valence-corrected chi connectivity index (χ0v) is 24.3. The van der Waals surface area contributed by atoms with Crippen LogP contribution in [0.15, 0.2) is 67.6 Å². The van der Waals surface area contributed by atoms with E-state index >= 15 is 0 Å². The Bertz CT molecular complexity index is 1590. The molecule has 0 amide bonds. The van der Waals surface area contributed by atoms with Gasteiger partial charge in [0.05, 0.1) is 17.2 Å². The Morgan fingerprint density at radius 2 is 2.10 bits per heavy atom. The van der Waals surface area contributed by atoms with Crippen molar-refractivity contribution < 1.29 is 9.47 Å². The highest BCUT2D eigenvalue weighted by molar-refractivity contribution is 5.95. The zero-order valence-electron chi connectivity index (χ0n) is 24.3. The average molecular weight is 551 g/mol. The van der Waals surface area contributed by atoms with Crippen molar-refractivity contribution >= 4 is 33.8 Å². The molecule has 8 heteroatoms. The van der Waals surface area contributed by atoms with Gasteiger partial charge in [0.1, 0.15) is 36.0 Å². The van der Waals surface area contributed by atoms with Crippen molar-refractivity contribution in [2.24, 2.45) is 0 Å². The van der Waals surface area contributed by atoms with Gasteiger partial charge in [-0.1, -0.05) is 20.4 Å². The lowest BCUT2D eigenvalue weighted by Crippen LogP contribution is -2.55. The van der Waals surface area contributed by atoms with Crippen molar-refractivity contribution in [3.63, 3.8) is 0 Å². The molecule has 4 aromatic rings. The first kappa shape index (κ1) is 26.9. The summed E-state index contributed by atoms with van der Waals surface area (Å²) in [6.07, 6.45) is 4.48. The molecule has 3 aromatic carbocycles. The monoisotopic (exact) mass is 550 g/mol. The zero-order chi connectivity index (χ0) is 28.5. The summed E-state index contributed by atoms with van der Waals surface area (Å²) >= 11 is 0. The predicted octanol–water partition coefficient (Wildman–Crippen LogP) is 6.74. The molecule has 1 aromatic heterocycles. The van der Waals surface area contributed by atoms with E-state index in [2.05, 4.69) is 82.0 Å². The third kappa shape index (κ3) is 5.27. The number of fused-ring (bicyclic) bond motifs is 4. The van der Waals surface area contributed by atoms with Crippen LogP contribution in [0, 0.1) is 6.92 Å². The Morgan fingerprint density at radius 1 is 1.22 bits per heavy atom. The van der Waals surface area contributed by atoms with Gasteiger partial charge in [0.25, 0.3) is 0 Å². The summed E-state index contributed by atoms with van der Waals surface area (Å²) in [4.78, 5) is 13.6. The number of hydrogen-bond acceptors (Lipinski definition) is 8. The standard InChI is InChI=1S/C33H38N6O2/c1-6-21(3)26-15-25(9-10-29(26)38(5)7-2)41-31-11-8-23(14-22(31)4)37-33-27-16-30-32(17-28(27)35-20-36-33)40-19-24-18-34-12-13-39(24)30/h7-11,14-17,20-21,24,34H,2,6,12-13,18-19H2,1,3-5H3,(H,35,36,37). The molecule has 0 saturated carbocycles. The molecule has 1 saturated heterocycles. The van der Waals surface area contributed by atoms with Crippen LogP contribution in [0.5, 0.6) is 17.2 Å². The fourth-order valence-electron chi connectivity index (χ4n) is 5.66. The van der Waals surface area contributed by atoms with Crippen LogP contribution >= 0.6 is 0 Å². The second-order valence-electron chi connectivity index (χ2n) is 11.0. The first-order valence-electron chi connectivity index (χ1n) is 14.4. The molecule has 2 atom stereocenters. The number of rotatable bonds is 8. The van der Waals surface area contributed by atoms with Gasteiger partial charge >= 0.3 is 0 Å². The number of hydrogen-bond donors (Lipinski definition) is 2. The van der Waals surface area contributed by atoms with Gasteiger partial charge in [-0.05, 0) is 79.1 Å². The summed E-state index contributed by atoms with van der Waals surface area (Å²) < 4.78 is 12.5. The van der Waals surface area contributed by atoms with Crippen molar-refractivity contribution in [3.05, 3.63) is 78.8 Å². The third-order valence-electron chi connectivity index (χ3n) is 8.27. The normalized spacial score (nSPS) is 16.8. The molecule has 0 spiro atoms. The molecular formula is C33H38N6O2. The minimum absolute atomic E-state index is 0.338. The van der Waals surface area contributed by atoms with E-state index in [1.807, 2.05) is 37.5 Å². The second-order valence-corrected chi connectivity index (χ2v) is 11.0. The van der Waals surface area contributed by atoms with E-state index in [1.165, 1.54) is 5.56 Å². The van der Waals surface area contributed by atoms with Gasteiger partial charge < -0.3 is 29.9 Å². The number of ether oxygens (including phenoxy) is 2. The lowest BCUT2D eigenvalue weighted by molar-refractivity contribution is 0.247. The van der Waals surface area contributed by atoms with Crippen molar-refractivity contribution in [1.82, 2.24) is 15.3 Å². The van der Waals surface area contributed by atoms with Crippen LogP contribution in [0.25, 0.3) is 10.9 Å². The highest BCUT2D eigenvalue weighted by Gasteiger charge is 2.30. The van der Waals surface area contributed by atoms with Gasteiger partial charge in [0.2, 0.25) is 0 Å². The molecule has 41 heavy (non-hydrogen) atoms. The Hall–Kier alpha value is -4.30. The SMILES string of the molecule is C=CN(C)c1ccc(Oc2ccc(Nc3ncnc4cc5c(cc34)N3CCNCC3CO5)cc2C)cc1C(C)CC. The summed E-state index contributed by atoms with van der Waals surface area (Å²) in [5.41, 5.74) is 6.32. The summed E-state index contributed by atoms with van der Waals surface area (Å²) in [6, 6.07) is 16.9. The molecule has 2 aliphatic heterocycles. The molecule has 0 bridgehead atoms. The summed E-state index contributed by atoms with van der Waals surface area (Å²) in [7, 11) is 2.02. The van der Waals surface area contributed by atoms with Crippen LogP contribution in [-0.4, -0.2) is 49.3 Å². The third-order valence-corrected chi connectivity index (χ3v) is 8.27. The van der Waals surface area contributed by atoms with Crippen molar-refractivity contribution in [1.29, 1.82) is 0 Å². The van der Waals surface area contributed by atoms with Crippen LogP contribution in [0.1, 0.15) is 37.3 Å². The summed E-state index contributed by atoms with van der Waals surface area (Å²) in [5.74, 6) is 3.70. The van der Waals surface area contributed by atoms with Gasteiger partial charge in [0.15, 0.2) is 0 Å². The van der Waals surface area contributed by atoms with Crippen molar-refractivity contribution in [2.45, 2.75) is 39.2 Å². The van der Waals surface area contributed by atoms with Gasteiger partial charge in [-0.2, -0.15) is 0 Å². The molecule has 1 fully saturated rings. The Labute approximate surface area is 242 Å². The van der Waals surface area contributed by atoms with Crippen molar-refractivity contribution in [2.75, 3.05) is 48.4 Å². The summed E-state index contributed by atoms with van der Waals surface area (Å²) in [6.45, 7) is 14.0. The fraction of sp³-hybridized carbons (Fsp3) is 0.333. The molecule has 212 valence electrons. The van der Waals surface area contributed by atoms with Crippen LogP contribution < -0.4 is 29.9 Å². The van der Waals surface area contributed by atoms with Gasteiger partial charge in [-0.25, -0.2) is 9.97 Å². The largest absolute Gasteiger partial charge is 0.489 e. The van der Waals surface area contributed by atoms with Crippen LogP contribution in [0.4, 0.5) is 22.9 Å². The van der Waals surface area contributed by atoms with E-state index in [0.717, 1.165) is 82.7 Å². The molecule has 2 N–H and O–H groups in total. The number of aromatic nitrogens is 2. The molecular weight excluding hydrogens is 512 g/mol. The lowest BCUT2D eigenvalue weighted by atomic mass is 9.96. The molecule has 0 aliphatic carbocycles. The molecule has 0 radical (unpaired) electrons. The topological polar surface area (TPSA) is 74.8 Å². The van der Waals surface area contributed by atoms with E-state index in [4.69, 9.17) is 9.47 Å². The quantitative estimate of drug-likeness (QED) is 0.250. The maximum Gasteiger partial charge on any atom is 0.144 e. The second kappa shape index (κ2) is 11.3. The smallest absolute Gasteiger partial charge is 0.144 e. The van der Waals surface area contributed by atoms with Gasteiger partial charge in [0, 0.05) is 49.5 Å². The number of anilines is 4. The molecule has 3 heterocycles. The van der Waals surface area contributed by atoms with Gasteiger partial charge in [-0.15, -0.1) is 0 Å². The molecule has 2 unspecified atom stereocenters. The minimum Gasteiger partial charge on any atom is -0.489 e. The van der Waals surface area contributed by atoms with E-state index < -0.39 is 0 Å². The predicted molar refractivity (Wildman–Crippen MR) is 167 cm³/mol. The highest BCUT2D eigenvalue weighted by Crippen LogP contribution is 2.40. The maximum absolute atomic E-state index is 6.38. The van der Waals surface area contributed by atoms with E-state index in [0.29, 0.717) is 18.6 Å². The van der Waals surface area contributed by atoms with Crippen LogP contribution in [0.3, 0.4) is 0 Å². The molecule has 2 aliphatic rings. The van der Waals surface area contributed by atoms with Crippen LogP contribution in [0.2, 0.25) is 0 Å². The molecule has 6 rings (SSSR count). The number of nitrogens with zero attached hydrogens (tertiary/aromatic N) is 4. The summed E-state index contributed by atoms with van der Waals surface area (Å²) in [5, 5.41) is 7.96. The fourth-order valence-corrected chi connectivity index (χ4v) is 5.66. The van der Waals surface area contributed by atoms with Crippen LogP contribution in [-0.2, 0) is 0 Å². The number of nitrogens with one attached hydrogen (secondary N) is 2. The number of aryl methyl sites for hydroxylation is 1. The van der Waals surface area contributed by atoms with Crippen molar-refractivity contribution in [3.8, 4) is 17.2 Å². The first-order chi connectivity index (χ1) is 19.9. The first-order valence-corrected chi connectivity index (χ1v) is 14.4. The number of benzene rings is 3. The lowest BCUT2D eigenvalue weighted by Gasteiger charge is -2.42.